The van der Waals surface area contributed by atoms with Crippen LogP contribution in [0.5, 0.6) is 11.5 Å². The summed E-state index contributed by atoms with van der Waals surface area (Å²) in [6.45, 7) is 0. The molecule has 1 N–H and O–H groups in total. The highest BCUT2D eigenvalue weighted by Gasteiger charge is 2.20. The lowest BCUT2D eigenvalue weighted by Crippen LogP contribution is -2.05. The van der Waals surface area contributed by atoms with E-state index < -0.39 is 0 Å². The smallest absolute Gasteiger partial charge is 0.197 e. The number of methoxy groups -OCH3 is 1. The van der Waals surface area contributed by atoms with Crippen molar-refractivity contribution < 1.29 is 19.4 Å². The number of benzene rings is 14. The predicted molar refractivity (Wildman–Crippen MR) is 278 cm³/mol. The molecule has 14 rings (SSSR count). The quantitative estimate of drug-likeness (QED) is 0.138. The second-order valence-corrected chi connectivity index (χ2v) is 17.1. The van der Waals surface area contributed by atoms with Crippen molar-refractivity contribution in [2.45, 2.75) is 0 Å². The summed E-state index contributed by atoms with van der Waals surface area (Å²) in [6, 6.07) is 73.0. The van der Waals surface area contributed by atoms with Gasteiger partial charge in [-0.15, -0.1) is 0 Å². The van der Waals surface area contributed by atoms with Crippen LogP contribution in [0.15, 0.2) is 218 Å². The van der Waals surface area contributed by atoms with Gasteiger partial charge in [0.05, 0.1) is 18.2 Å². The molecule has 0 saturated carbocycles. The van der Waals surface area contributed by atoms with Crippen molar-refractivity contribution in [2.24, 2.45) is 0 Å². The average Bonchev–Trinajstić information content (AvgIpc) is 3.39. The van der Waals surface area contributed by atoms with E-state index in [4.69, 9.17) is 4.74 Å². The van der Waals surface area contributed by atoms with Gasteiger partial charge in [0.25, 0.3) is 0 Å². The van der Waals surface area contributed by atoms with E-state index in [1.165, 1.54) is 64.6 Å². The third-order valence-corrected chi connectivity index (χ3v) is 13.4. The van der Waals surface area contributed by atoms with Crippen molar-refractivity contribution in [3.8, 4) is 11.5 Å². The van der Waals surface area contributed by atoms with E-state index in [9.17, 15) is 14.7 Å². The lowest BCUT2D eigenvalue weighted by atomic mass is 9.89. The Morgan fingerprint density at radius 2 is 0.597 bits per heavy atom. The van der Waals surface area contributed by atoms with E-state index >= 15 is 0 Å². The zero-order valence-electron chi connectivity index (χ0n) is 36.5. The van der Waals surface area contributed by atoms with E-state index in [-0.39, 0.29) is 17.3 Å². The molecule has 316 valence electrons. The number of carbonyl (C=O) groups excluding carboxylic acids is 2. The molecular formula is C63H40O4. The first-order chi connectivity index (χ1) is 32.9. The summed E-state index contributed by atoms with van der Waals surface area (Å²) in [5, 5.41) is 31.8. The SMILES string of the molecule is COc1ccccc1C(=O)c1ccc2ccc3cccc4ccc1c2c34.O=C(c1ccccc1O)c1ccc2ccc3cccc4ccc1c2c34.c1cc2ccc3cccc4ccc(c1)c2c34. The summed E-state index contributed by atoms with van der Waals surface area (Å²) < 4.78 is 5.39. The molecule has 14 aromatic rings. The zero-order valence-corrected chi connectivity index (χ0v) is 36.5. The predicted octanol–water partition coefficient (Wildman–Crippen LogP) is 15.9. The summed E-state index contributed by atoms with van der Waals surface area (Å²) in [5.41, 5.74) is 2.25. The Morgan fingerprint density at radius 3 is 0.985 bits per heavy atom. The van der Waals surface area contributed by atoms with Crippen molar-refractivity contribution in [1.29, 1.82) is 0 Å². The van der Waals surface area contributed by atoms with Crippen LogP contribution in [0.25, 0.3) is 97.0 Å². The molecule has 0 amide bonds. The van der Waals surface area contributed by atoms with Gasteiger partial charge in [0.2, 0.25) is 0 Å². The number of phenolic OH excluding ortho intramolecular Hbond substituents is 1. The molecule has 0 aliphatic rings. The van der Waals surface area contributed by atoms with Crippen molar-refractivity contribution in [3.63, 3.8) is 0 Å². The van der Waals surface area contributed by atoms with Gasteiger partial charge >= 0.3 is 0 Å². The molecule has 0 aliphatic heterocycles. The summed E-state index contributed by atoms with van der Waals surface area (Å²) in [4.78, 5) is 26.3. The number of ether oxygens (including phenoxy) is 1. The van der Waals surface area contributed by atoms with Crippen LogP contribution in [0.3, 0.4) is 0 Å². The third kappa shape index (κ3) is 6.53. The molecule has 0 aliphatic carbocycles. The van der Waals surface area contributed by atoms with Crippen molar-refractivity contribution in [1.82, 2.24) is 0 Å². The van der Waals surface area contributed by atoms with Gasteiger partial charge in [0.15, 0.2) is 11.6 Å². The van der Waals surface area contributed by atoms with Gasteiger partial charge in [0, 0.05) is 11.1 Å². The number of ketones is 2. The van der Waals surface area contributed by atoms with Gasteiger partial charge in [-0.25, -0.2) is 0 Å². The molecule has 0 heterocycles. The number of hydrogen-bond donors (Lipinski definition) is 1. The van der Waals surface area contributed by atoms with Crippen LogP contribution < -0.4 is 4.74 Å². The van der Waals surface area contributed by atoms with Gasteiger partial charge in [0.1, 0.15) is 11.5 Å². The van der Waals surface area contributed by atoms with Crippen LogP contribution in [-0.4, -0.2) is 23.8 Å². The molecule has 67 heavy (non-hydrogen) atoms. The molecule has 0 unspecified atom stereocenters. The highest BCUT2D eigenvalue weighted by atomic mass is 16.5. The molecule has 0 radical (unpaired) electrons. The van der Waals surface area contributed by atoms with Gasteiger partial charge < -0.3 is 9.84 Å². The maximum absolute atomic E-state index is 13.3. The number of rotatable bonds is 5. The van der Waals surface area contributed by atoms with E-state index in [0.717, 1.165) is 32.3 Å². The Labute approximate surface area is 385 Å². The van der Waals surface area contributed by atoms with E-state index in [1.807, 2.05) is 54.6 Å². The summed E-state index contributed by atoms with van der Waals surface area (Å²) in [7, 11) is 1.59. The highest BCUT2D eigenvalue weighted by molar-refractivity contribution is 6.30. The van der Waals surface area contributed by atoms with Gasteiger partial charge in [-0.1, -0.05) is 182 Å². The van der Waals surface area contributed by atoms with Crippen molar-refractivity contribution in [3.05, 3.63) is 241 Å². The lowest BCUT2D eigenvalue weighted by molar-refractivity contribution is 0.102. The molecule has 0 saturated heterocycles. The molecule has 0 spiro atoms. The minimum Gasteiger partial charge on any atom is -0.507 e. The molecule has 14 aromatic carbocycles. The molecular weight excluding hydrogens is 821 g/mol. The van der Waals surface area contributed by atoms with Crippen LogP contribution in [0.2, 0.25) is 0 Å². The second-order valence-electron chi connectivity index (χ2n) is 17.1. The van der Waals surface area contributed by atoms with Crippen LogP contribution in [0.4, 0.5) is 0 Å². The summed E-state index contributed by atoms with van der Waals surface area (Å²) >= 11 is 0. The first kappa shape index (κ1) is 39.7. The van der Waals surface area contributed by atoms with Gasteiger partial charge in [-0.2, -0.15) is 0 Å². The average molecular weight is 861 g/mol. The zero-order chi connectivity index (χ0) is 45.2. The molecule has 0 atom stereocenters. The van der Waals surface area contributed by atoms with E-state index in [2.05, 4.69) is 140 Å². The Bertz CT molecular complexity index is 4040. The molecule has 0 bridgehead atoms. The van der Waals surface area contributed by atoms with Crippen molar-refractivity contribution in [2.75, 3.05) is 7.11 Å². The number of para-hydroxylation sites is 2. The number of aromatic hydroxyl groups is 1. The highest BCUT2D eigenvalue weighted by Crippen LogP contribution is 2.39. The van der Waals surface area contributed by atoms with Crippen molar-refractivity contribution >= 4 is 109 Å². The fourth-order valence-electron chi connectivity index (χ4n) is 10.3. The maximum Gasteiger partial charge on any atom is 0.197 e. The Morgan fingerprint density at radius 1 is 0.299 bits per heavy atom. The minimum absolute atomic E-state index is 0.0122. The lowest BCUT2D eigenvalue weighted by Gasteiger charge is -2.14. The minimum atomic E-state index is -0.156. The number of phenols is 1. The van der Waals surface area contributed by atoms with Crippen LogP contribution >= 0.6 is 0 Å². The second kappa shape index (κ2) is 16.0. The third-order valence-electron chi connectivity index (χ3n) is 13.4. The van der Waals surface area contributed by atoms with E-state index in [0.29, 0.717) is 28.0 Å². The molecule has 0 fully saturated rings. The Balaban J connectivity index is 0.000000108. The molecule has 4 heteroatoms. The normalized spacial score (nSPS) is 11.5. The van der Waals surface area contributed by atoms with Gasteiger partial charge in [-0.3, -0.25) is 9.59 Å². The van der Waals surface area contributed by atoms with Crippen LogP contribution in [0.1, 0.15) is 31.8 Å². The van der Waals surface area contributed by atoms with Crippen LogP contribution in [0, 0.1) is 0 Å². The first-order valence-electron chi connectivity index (χ1n) is 22.4. The monoisotopic (exact) mass is 860 g/mol. The largest absolute Gasteiger partial charge is 0.507 e. The molecule has 0 aromatic heterocycles. The topological polar surface area (TPSA) is 63.6 Å². The fraction of sp³-hybridized carbons (Fsp3) is 0.0159. The standard InChI is InChI=1S/C24H16O2.C23H14O2.C16H10/c1-26-21-8-3-2-7-20(21)24(25)19-14-12-17-10-9-15-5-4-6-16-11-13-18(19)23(17)22(15)16;24-20-7-2-1-6-19(20)23(25)18-13-11-16-9-8-14-4-3-5-15-10-12-17(18)22(16)21(14)15;1-3-11-7-9-13-5-2-6-14-10-8-12(4-1)15(11)16(13)14/h2-14H,1H3;1-13,24H;1-10H. The van der Waals surface area contributed by atoms with Crippen LogP contribution in [-0.2, 0) is 0 Å². The number of hydrogen-bond acceptors (Lipinski definition) is 4. The Hall–Kier alpha value is -8.86. The van der Waals surface area contributed by atoms with E-state index in [1.54, 1.807) is 31.4 Å². The maximum atomic E-state index is 13.3. The summed E-state index contributed by atoms with van der Waals surface area (Å²) in [6.07, 6.45) is 0. The summed E-state index contributed by atoms with van der Waals surface area (Å²) in [5.74, 6) is 0.442. The first-order valence-corrected chi connectivity index (χ1v) is 22.4. The number of carbonyl (C=O) groups is 2. The Kier molecular flexibility index (Phi) is 9.47. The molecule has 4 nitrogen and oxygen atoms in total. The van der Waals surface area contributed by atoms with Gasteiger partial charge in [-0.05, 0) is 133 Å². The fourth-order valence-corrected chi connectivity index (χ4v) is 10.3.